The van der Waals surface area contributed by atoms with Gasteiger partial charge in [0.15, 0.2) is 11.6 Å². The Labute approximate surface area is 108 Å². The highest BCUT2D eigenvalue weighted by Crippen LogP contribution is 2.55. The number of carboxylic acids is 1. The van der Waals surface area contributed by atoms with E-state index in [2.05, 4.69) is 4.74 Å². The first-order valence-corrected chi connectivity index (χ1v) is 5.69. The predicted octanol–water partition coefficient (Wildman–Crippen LogP) is 1.34. The molecule has 1 aromatic carbocycles. The summed E-state index contributed by atoms with van der Waals surface area (Å²) in [6.07, 6.45) is 0.255. The van der Waals surface area contributed by atoms with E-state index in [0.717, 1.165) is 6.07 Å². The second-order valence-corrected chi connectivity index (χ2v) is 4.71. The molecule has 0 saturated heterocycles. The van der Waals surface area contributed by atoms with Crippen LogP contribution in [-0.4, -0.2) is 29.3 Å². The Morgan fingerprint density at radius 3 is 2.68 bits per heavy atom. The molecule has 5 nitrogen and oxygen atoms in total. The van der Waals surface area contributed by atoms with Gasteiger partial charge in [-0.25, -0.2) is 4.39 Å². The summed E-state index contributed by atoms with van der Waals surface area (Å²) >= 11 is 0. The number of hydrogen-bond donors (Lipinski definition) is 2. The van der Waals surface area contributed by atoms with Crippen molar-refractivity contribution in [3.63, 3.8) is 0 Å². The largest absolute Gasteiger partial charge is 0.505 e. The molecule has 102 valence electrons. The number of esters is 1. The minimum Gasteiger partial charge on any atom is -0.505 e. The number of ether oxygens (including phenoxy) is 1. The van der Waals surface area contributed by atoms with Crippen molar-refractivity contribution in [2.75, 3.05) is 7.11 Å². The van der Waals surface area contributed by atoms with Gasteiger partial charge in [-0.1, -0.05) is 6.07 Å². The molecule has 0 amide bonds. The zero-order valence-corrected chi connectivity index (χ0v) is 10.2. The molecule has 2 unspecified atom stereocenters. The smallest absolute Gasteiger partial charge is 0.313 e. The van der Waals surface area contributed by atoms with Crippen LogP contribution >= 0.6 is 0 Å². The highest BCUT2D eigenvalue weighted by molar-refractivity contribution is 5.90. The second kappa shape index (κ2) is 4.53. The Morgan fingerprint density at radius 2 is 2.21 bits per heavy atom. The highest BCUT2D eigenvalue weighted by atomic mass is 19.1. The van der Waals surface area contributed by atoms with Crippen LogP contribution in [0.3, 0.4) is 0 Å². The van der Waals surface area contributed by atoms with Gasteiger partial charge in [-0.05, 0) is 30.5 Å². The van der Waals surface area contributed by atoms with E-state index in [9.17, 15) is 14.0 Å². The Bertz CT molecular complexity index is 542. The van der Waals surface area contributed by atoms with Gasteiger partial charge >= 0.3 is 11.9 Å². The second-order valence-electron chi connectivity index (χ2n) is 4.71. The maximum Gasteiger partial charge on any atom is 0.313 e. The Kier molecular flexibility index (Phi) is 3.18. The maximum atomic E-state index is 13.2. The summed E-state index contributed by atoms with van der Waals surface area (Å²) in [5.41, 5.74) is -0.672. The Balaban J connectivity index is 2.25. The van der Waals surface area contributed by atoms with E-state index in [0.29, 0.717) is 5.56 Å². The van der Waals surface area contributed by atoms with Crippen LogP contribution in [0.25, 0.3) is 0 Å². The number of aromatic hydroxyl groups is 1. The van der Waals surface area contributed by atoms with Gasteiger partial charge in [0, 0.05) is 0 Å². The van der Waals surface area contributed by atoms with Crippen LogP contribution in [0.15, 0.2) is 18.2 Å². The van der Waals surface area contributed by atoms with Gasteiger partial charge < -0.3 is 14.9 Å². The van der Waals surface area contributed by atoms with Gasteiger partial charge in [-0.15, -0.1) is 0 Å². The van der Waals surface area contributed by atoms with E-state index in [1.807, 2.05) is 0 Å². The van der Waals surface area contributed by atoms with Crippen LogP contribution in [0, 0.1) is 17.2 Å². The van der Waals surface area contributed by atoms with Crippen molar-refractivity contribution in [3.05, 3.63) is 29.6 Å². The van der Waals surface area contributed by atoms with Crippen LogP contribution < -0.4 is 0 Å². The lowest BCUT2D eigenvalue weighted by molar-refractivity contribution is -0.151. The van der Waals surface area contributed by atoms with Crippen molar-refractivity contribution in [1.29, 1.82) is 0 Å². The van der Waals surface area contributed by atoms with Gasteiger partial charge in [-0.3, -0.25) is 9.59 Å². The van der Waals surface area contributed by atoms with E-state index < -0.39 is 34.8 Å². The van der Waals surface area contributed by atoms with Crippen LogP contribution in [0.5, 0.6) is 5.75 Å². The lowest BCUT2D eigenvalue weighted by Gasteiger charge is -2.14. The van der Waals surface area contributed by atoms with Gasteiger partial charge in [0.1, 0.15) is 0 Å². The molecule has 0 radical (unpaired) electrons. The molecule has 1 aliphatic rings. The van der Waals surface area contributed by atoms with E-state index in [4.69, 9.17) is 10.2 Å². The normalized spacial score (nSPS) is 24.8. The van der Waals surface area contributed by atoms with Crippen molar-refractivity contribution >= 4 is 11.9 Å². The average molecular weight is 268 g/mol. The van der Waals surface area contributed by atoms with Crippen molar-refractivity contribution in [1.82, 2.24) is 0 Å². The molecule has 0 heterocycles. The lowest BCUT2D eigenvalue weighted by atomic mass is 9.93. The number of phenolic OH excluding ortho intramolecular Hbond substituents is 1. The van der Waals surface area contributed by atoms with Crippen molar-refractivity contribution in [3.8, 4) is 5.75 Å². The number of phenols is 1. The van der Waals surface area contributed by atoms with E-state index in [1.165, 1.54) is 19.2 Å². The molecule has 1 fully saturated rings. The standard InChI is InChI=1S/C13H13FO5/c1-19-12(18)13(6-8(13)11(16)17)5-7-2-3-10(15)9(14)4-7/h2-4,8,15H,5-6H2,1H3,(H,16,17). The molecule has 2 atom stereocenters. The van der Waals surface area contributed by atoms with Crippen molar-refractivity contribution in [2.45, 2.75) is 12.8 Å². The third-order valence-electron chi connectivity index (χ3n) is 3.50. The molecule has 0 aromatic heterocycles. The predicted molar refractivity (Wildman–Crippen MR) is 62.0 cm³/mol. The van der Waals surface area contributed by atoms with Crippen molar-refractivity contribution in [2.24, 2.45) is 11.3 Å². The fourth-order valence-corrected chi connectivity index (χ4v) is 2.35. The molecular weight excluding hydrogens is 255 g/mol. The Morgan fingerprint density at radius 1 is 1.53 bits per heavy atom. The SMILES string of the molecule is COC(=O)C1(Cc2ccc(O)c(F)c2)CC1C(=O)O. The summed E-state index contributed by atoms with van der Waals surface area (Å²) in [6, 6.07) is 3.73. The van der Waals surface area contributed by atoms with Crippen LogP contribution in [0.2, 0.25) is 0 Å². The molecule has 6 heteroatoms. The summed E-state index contributed by atoms with van der Waals surface area (Å²) in [5, 5.41) is 18.1. The fraction of sp³-hybridized carbons (Fsp3) is 0.385. The summed E-state index contributed by atoms with van der Waals surface area (Å²) < 4.78 is 17.9. The molecule has 2 rings (SSSR count). The third-order valence-corrected chi connectivity index (χ3v) is 3.50. The molecule has 0 bridgehead atoms. The number of carbonyl (C=O) groups excluding carboxylic acids is 1. The summed E-state index contributed by atoms with van der Waals surface area (Å²) in [4.78, 5) is 22.7. The number of methoxy groups -OCH3 is 1. The number of rotatable bonds is 4. The maximum absolute atomic E-state index is 13.2. The number of benzene rings is 1. The summed E-state index contributed by atoms with van der Waals surface area (Å²) in [5.74, 6) is -3.76. The van der Waals surface area contributed by atoms with Gasteiger partial charge in [0.05, 0.1) is 18.4 Å². The first-order valence-electron chi connectivity index (χ1n) is 5.69. The third kappa shape index (κ3) is 2.25. The molecule has 19 heavy (non-hydrogen) atoms. The monoisotopic (exact) mass is 268 g/mol. The molecule has 0 aliphatic heterocycles. The van der Waals surface area contributed by atoms with Crippen molar-refractivity contribution < 1.29 is 28.9 Å². The number of halogens is 1. The molecule has 1 saturated carbocycles. The number of hydrogen-bond acceptors (Lipinski definition) is 4. The number of carboxylic acid groups (broad SMARTS) is 1. The zero-order chi connectivity index (χ0) is 14.2. The average Bonchev–Trinajstić information content (AvgIpc) is 3.09. The van der Waals surface area contributed by atoms with E-state index in [1.54, 1.807) is 0 Å². The molecule has 1 aliphatic carbocycles. The number of carbonyl (C=O) groups is 2. The minimum atomic E-state index is -1.12. The number of aliphatic carboxylic acids is 1. The Hall–Kier alpha value is -2.11. The zero-order valence-electron chi connectivity index (χ0n) is 10.2. The van der Waals surface area contributed by atoms with Gasteiger partial charge in [0.25, 0.3) is 0 Å². The van der Waals surface area contributed by atoms with E-state index in [-0.39, 0.29) is 12.8 Å². The first-order chi connectivity index (χ1) is 8.90. The molecule has 0 spiro atoms. The van der Waals surface area contributed by atoms with E-state index >= 15 is 0 Å². The molecule has 2 N–H and O–H groups in total. The topological polar surface area (TPSA) is 83.8 Å². The summed E-state index contributed by atoms with van der Waals surface area (Å²) in [6.45, 7) is 0. The van der Waals surface area contributed by atoms with Gasteiger partial charge in [0.2, 0.25) is 0 Å². The summed E-state index contributed by atoms with van der Waals surface area (Å²) in [7, 11) is 1.19. The van der Waals surface area contributed by atoms with Crippen LogP contribution in [-0.2, 0) is 20.7 Å². The lowest BCUT2D eigenvalue weighted by Crippen LogP contribution is -2.25. The molecule has 1 aromatic rings. The first kappa shape index (κ1) is 13.3. The molecular formula is C13H13FO5. The fourth-order valence-electron chi connectivity index (χ4n) is 2.35. The quantitative estimate of drug-likeness (QED) is 0.805. The van der Waals surface area contributed by atoms with Gasteiger partial charge in [-0.2, -0.15) is 0 Å². The minimum absolute atomic E-state index is 0.0772. The van der Waals surface area contributed by atoms with Crippen LogP contribution in [0.4, 0.5) is 4.39 Å². The van der Waals surface area contributed by atoms with Crippen LogP contribution in [0.1, 0.15) is 12.0 Å². The highest BCUT2D eigenvalue weighted by Gasteiger charge is 2.64.